The Morgan fingerprint density at radius 2 is 1.86 bits per heavy atom. The molecule has 5 aromatic rings. The highest BCUT2D eigenvalue weighted by atomic mass is 16.5. The van der Waals surface area contributed by atoms with Gasteiger partial charge >= 0.3 is 0 Å². The molecule has 8 nitrogen and oxygen atoms in total. The molecule has 0 saturated carbocycles. The molecule has 6 rings (SSSR count). The van der Waals surface area contributed by atoms with Crippen LogP contribution in [0.5, 0.6) is 0 Å². The Hall–Kier alpha value is -4.04. The summed E-state index contributed by atoms with van der Waals surface area (Å²) < 4.78 is 9.79. The standard InChI is InChI=1S/C29H30N6O2/c1-18-9-4-5-12-22(18)35-23(15-21-11-8-10-19(2)25(21)29(35)36)20(3)33-27-26-28(31-16-30-27)34(17-32-26)24-13-6-7-14-37-24/h4-5,8-12,15-17,20,24H,6-7,13-14H2,1-3H3,(H,30,31,33). The summed E-state index contributed by atoms with van der Waals surface area (Å²) in [6.45, 7) is 6.80. The van der Waals surface area contributed by atoms with Crippen molar-refractivity contribution in [2.24, 2.45) is 0 Å². The number of ether oxygens (including phenoxy) is 1. The maximum absolute atomic E-state index is 14.0. The zero-order valence-corrected chi connectivity index (χ0v) is 21.3. The molecular formula is C29H30N6O2. The zero-order chi connectivity index (χ0) is 25.5. The number of hydrogen-bond donors (Lipinski definition) is 1. The van der Waals surface area contributed by atoms with E-state index in [4.69, 9.17) is 4.74 Å². The molecule has 1 fully saturated rings. The van der Waals surface area contributed by atoms with Gasteiger partial charge in [0.15, 0.2) is 17.0 Å². The van der Waals surface area contributed by atoms with Gasteiger partial charge in [0.25, 0.3) is 5.56 Å². The van der Waals surface area contributed by atoms with Crippen molar-refractivity contribution in [1.82, 2.24) is 24.1 Å². The summed E-state index contributed by atoms with van der Waals surface area (Å²) in [6.07, 6.45) is 6.41. The van der Waals surface area contributed by atoms with Gasteiger partial charge in [-0.15, -0.1) is 0 Å². The number of imidazole rings is 1. The van der Waals surface area contributed by atoms with Gasteiger partial charge in [-0.25, -0.2) is 15.0 Å². The second-order valence-electron chi connectivity index (χ2n) is 9.77. The third-order valence-electron chi connectivity index (χ3n) is 7.26. The van der Waals surface area contributed by atoms with Crippen LogP contribution in [-0.2, 0) is 4.74 Å². The fourth-order valence-corrected chi connectivity index (χ4v) is 5.33. The summed E-state index contributed by atoms with van der Waals surface area (Å²) in [4.78, 5) is 27.6. The lowest BCUT2D eigenvalue weighted by Gasteiger charge is -2.24. The SMILES string of the molecule is Cc1ccccc1-n1c(C(C)Nc2ncnc3c2ncn3C2CCCCO2)cc2cccc(C)c2c1=O. The van der Waals surface area contributed by atoms with E-state index in [0.29, 0.717) is 11.3 Å². The topological polar surface area (TPSA) is 86.9 Å². The van der Waals surface area contributed by atoms with E-state index in [1.165, 1.54) is 0 Å². The van der Waals surface area contributed by atoms with Crippen molar-refractivity contribution in [3.63, 3.8) is 0 Å². The first-order valence-electron chi connectivity index (χ1n) is 12.8. The van der Waals surface area contributed by atoms with Gasteiger partial charge in [0.1, 0.15) is 12.6 Å². The Bertz CT molecular complexity index is 1660. The number of nitrogens with one attached hydrogen (secondary N) is 1. The van der Waals surface area contributed by atoms with Gasteiger partial charge in [0.05, 0.1) is 23.4 Å². The molecular weight excluding hydrogens is 464 g/mol. The number of pyridine rings is 1. The number of aromatic nitrogens is 5. The quantitative estimate of drug-likeness (QED) is 0.341. The number of benzene rings is 2. The summed E-state index contributed by atoms with van der Waals surface area (Å²) in [5.74, 6) is 0.625. The van der Waals surface area contributed by atoms with Gasteiger partial charge in [-0.2, -0.15) is 0 Å². The smallest absolute Gasteiger partial charge is 0.263 e. The highest BCUT2D eigenvalue weighted by molar-refractivity contribution is 5.86. The number of hydrogen-bond acceptors (Lipinski definition) is 6. The highest BCUT2D eigenvalue weighted by Crippen LogP contribution is 2.30. The fraction of sp³-hybridized carbons (Fsp3) is 0.310. The Morgan fingerprint density at radius 1 is 1.03 bits per heavy atom. The maximum Gasteiger partial charge on any atom is 0.263 e. The Balaban J connectivity index is 1.46. The number of aryl methyl sites for hydroxylation is 2. The van der Waals surface area contributed by atoms with Crippen molar-refractivity contribution in [3.8, 4) is 5.69 Å². The van der Waals surface area contributed by atoms with E-state index < -0.39 is 0 Å². The largest absolute Gasteiger partial charge is 0.360 e. The molecule has 0 bridgehead atoms. The predicted octanol–water partition coefficient (Wildman–Crippen LogP) is 5.62. The molecule has 1 N–H and O–H groups in total. The number of nitrogens with zero attached hydrogens (tertiary/aromatic N) is 5. The first-order valence-corrected chi connectivity index (χ1v) is 12.8. The van der Waals surface area contributed by atoms with Gasteiger partial charge in [0.2, 0.25) is 0 Å². The van der Waals surface area contributed by atoms with Crippen LogP contribution in [-0.4, -0.2) is 30.7 Å². The molecule has 2 unspecified atom stereocenters. The van der Waals surface area contributed by atoms with E-state index in [1.54, 1.807) is 12.7 Å². The summed E-state index contributed by atoms with van der Waals surface area (Å²) in [5.41, 5.74) is 5.10. The van der Waals surface area contributed by atoms with E-state index in [1.807, 2.05) is 72.4 Å². The second kappa shape index (κ2) is 9.44. The van der Waals surface area contributed by atoms with Gasteiger partial charge in [-0.05, 0) is 68.7 Å². The molecule has 4 heterocycles. The van der Waals surface area contributed by atoms with E-state index in [9.17, 15) is 4.79 Å². The average molecular weight is 495 g/mol. The van der Waals surface area contributed by atoms with E-state index >= 15 is 0 Å². The lowest BCUT2D eigenvalue weighted by molar-refractivity contribution is -0.0298. The second-order valence-corrected chi connectivity index (χ2v) is 9.77. The van der Waals surface area contributed by atoms with Crippen molar-refractivity contribution in [1.29, 1.82) is 0 Å². The van der Waals surface area contributed by atoms with Crippen molar-refractivity contribution in [2.75, 3.05) is 11.9 Å². The molecule has 1 aliphatic heterocycles. The van der Waals surface area contributed by atoms with Crippen LogP contribution in [0.1, 0.15) is 55.3 Å². The molecule has 0 amide bonds. The highest BCUT2D eigenvalue weighted by Gasteiger charge is 2.22. The molecule has 37 heavy (non-hydrogen) atoms. The van der Waals surface area contributed by atoms with Crippen LogP contribution < -0.4 is 10.9 Å². The van der Waals surface area contributed by atoms with Crippen LogP contribution in [0.4, 0.5) is 5.82 Å². The molecule has 1 aliphatic rings. The number of fused-ring (bicyclic) bond motifs is 2. The van der Waals surface area contributed by atoms with Crippen LogP contribution in [0.2, 0.25) is 0 Å². The first kappa shape index (κ1) is 23.4. The molecule has 1 saturated heterocycles. The average Bonchev–Trinajstić information content (AvgIpc) is 3.35. The van der Waals surface area contributed by atoms with Gasteiger partial charge in [-0.1, -0.05) is 36.4 Å². The predicted molar refractivity (Wildman–Crippen MR) is 145 cm³/mol. The van der Waals surface area contributed by atoms with Crippen molar-refractivity contribution in [3.05, 3.63) is 88.4 Å². The normalized spacial score (nSPS) is 16.8. The summed E-state index contributed by atoms with van der Waals surface area (Å²) >= 11 is 0. The third-order valence-corrected chi connectivity index (χ3v) is 7.26. The van der Waals surface area contributed by atoms with Crippen molar-refractivity contribution < 1.29 is 4.74 Å². The molecule has 0 radical (unpaired) electrons. The molecule has 2 atom stereocenters. The molecule has 188 valence electrons. The minimum absolute atomic E-state index is 0.0277. The lowest BCUT2D eigenvalue weighted by Crippen LogP contribution is -2.26. The summed E-state index contributed by atoms with van der Waals surface area (Å²) in [7, 11) is 0. The van der Waals surface area contributed by atoms with E-state index in [0.717, 1.165) is 64.8 Å². The Morgan fingerprint density at radius 3 is 2.68 bits per heavy atom. The maximum atomic E-state index is 14.0. The van der Waals surface area contributed by atoms with Crippen LogP contribution >= 0.6 is 0 Å². The monoisotopic (exact) mass is 494 g/mol. The van der Waals surface area contributed by atoms with Crippen LogP contribution in [0, 0.1) is 13.8 Å². The van der Waals surface area contributed by atoms with Crippen LogP contribution in [0.3, 0.4) is 0 Å². The molecule has 0 spiro atoms. The number of rotatable bonds is 5. The van der Waals surface area contributed by atoms with Crippen molar-refractivity contribution >= 4 is 27.8 Å². The number of anilines is 1. The minimum Gasteiger partial charge on any atom is -0.360 e. The van der Waals surface area contributed by atoms with Crippen LogP contribution in [0.15, 0.2) is 66.0 Å². The Labute approximate surface area is 215 Å². The van der Waals surface area contributed by atoms with E-state index in [2.05, 4.69) is 26.3 Å². The summed E-state index contributed by atoms with van der Waals surface area (Å²) in [5, 5.41) is 5.18. The van der Waals surface area contributed by atoms with Crippen molar-refractivity contribution in [2.45, 2.75) is 52.3 Å². The van der Waals surface area contributed by atoms with Gasteiger partial charge in [0, 0.05) is 12.3 Å². The van der Waals surface area contributed by atoms with Gasteiger partial charge < -0.3 is 10.1 Å². The third kappa shape index (κ3) is 4.07. The fourth-order valence-electron chi connectivity index (χ4n) is 5.33. The summed E-state index contributed by atoms with van der Waals surface area (Å²) in [6, 6.07) is 15.8. The van der Waals surface area contributed by atoms with Crippen LogP contribution in [0.25, 0.3) is 27.6 Å². The molecule has 8 heteroatoms. The Kier molecular flexibility index (Phi) is 5.96. The molecule has 0 aliphatic carbocycles. The first-order chi connectivity index (χ1) is 18.0. The van der Waals surface area contributed by atoms with E-state index in [-0.39, 0.29) is 17.8 Å². The van der Waals surface area contributed by atoms with Gasteiger partial charge in [-0.3, -0.25) is 13.9 Å². The lowest BCUT2D eigenvalue weighted by atomic mass is 10.0. The molecule has 3 aromatic heterocycles. The number of para-hydroxylation sites is 1. The minimum atomic E-state index is -0.244. The molecule has 2 aromatic carbocycles. The zero-order valence-electron chi connectivity index (χ0n) is 21.3.